The van der Waals surface area contributed by atoms with Crippen LogP contribution in [0.15, 0.2) is 29.3 Å². The van der Waals surface area contributed by atoms with E-state index < -0.39 is 0 Å². The lowest BCUT2D eigenvalue weighted by atomic mass is 10.1. The van der Waals surface area contributed by atoms with Crippen molar-refractivity contribution in [3.63, 3.8) is 0 Å². The van der Waals surface area contributed by atoms with Gasteiger partial charge in [-0.25, -0.2) is 0 Å². The summed E-state index contributed by atoms with van der Waals surface area (Å²) in [5.41, 5.74) is 1.22. The molecule has 1 aromatic rings. The minimum atomic E-state index is 0. The molecule has 6 nitrogen and oxygen atoms in total. The second-order valence-electron chi connectivity index (χ2n) is 5.39. The van der Waals surface area contributed by atoms with Crippen LogP contribution in [0.5, 0.6) is 5.75 Å². The fourth-order valence-electron chi connectivity index (χ4n) is 2.18. The van der Waals surface area contributed by atoms with Crippen LogP contribution in [0.4, 0.5) is 0 Å². The number of likely N-dealkylation sites (N-methyl/N-ethyl adjacent to an activating group) is 1. The molecule has 0 amide bonds. The number of ether oxygens (including phenoxy) is 2. The Morgan fingerprint density at radius 2 is 1.83 bits per heavy atom. The molecule has 0 aliphatic heterocycles. The summed E-state index contributed by atoms with van der Waals surface area (Å²) >= 11 is 0. The molecule has 0 heterocycles. The van der Waals surface area contributed by atoms with Gasteiger partial charge in [0, 0.05) is 20.2 Å². The van der Waals surface area contributed by atoms with Crippen LogP contribution in [0, 0.1) is 0 Å². The molecule has 1 atom stereocenters. The molecule has 0 radical (unpaired) electrons. The fraction of sp³-hybridized carbons (Fsp3) is 0.588. The maximum absolute atomic E-state index is 5.22. The van der Waals surface area contributed by atoms with Gasteiger partial charge in [-0.15, -0.1) is 24.0 Å². The predicted molar refractivity (Wildman–Crippen MR) is 111 cm³/mol. The van der Waals surface area contributed by atoms with Crippen molar-refractivity contribution in [3.05, 3.63) is 29.8 Å². The van der Waals surface area contributed by atoms with Crippen molar-refractivity contribution in [1.82, 2.24) is 15.5 Å². The SMILES string of the molecule is CCNC(=NCC(c1ccc(OC)cc1)N(C)C)NCCOC.I. The Balaban J connectivity index is 0.00000529. The zero-order valence-electron chi connectivity index (χ0n) is 15.3. The molecular weight excluding hydrogens is 419 g/mol. The number of benzene rings is 1. The summed E-state index contributed by atoms with van der Waals surface area (Å²) < 4.78 is 10.3. The van der Waals surface area contributed by atoms with Crippen LogP contribution >= 0.6 is 24.0 Å². The summed E-state index contributed by atoms with van der Waals surface area (Å²) in [4.78, 5) is 6.86. The summed E-state index contributed by atoms with van der Waals surface area (Å²) in [5.74, 6) is 1.68. The van der Waals surface area contributed by atoms with E-state index in [-0.39, 0.29) is 30.0 Å². The number of guanidine groups is 1. The standard InChI is InChI=1S/C17H30N4O2.HI/c1-6-18-17(19-11-12-22-4)20-13-16(21(2)3)14-7-9-15(23-5)10-8-14;/h7-10,16H,6,11-13H2,1-5H3,(H2,18,19,20);1H. The van der Waals surface area contributed by atoms with E-state index in [0.717, 1.165) is 24.8 Å². The lowest BCUT2D eigenvalue weighted by Gasteiger charge is -2.24. The fourth-order valence-corrected chi connectivity index (χ4v) is 2.18. The zero-order valence-corrected chi connectivity index (χ0v) is 17.7. The number of nitrogens with zero attached hydrogens (tertiary/aromatic N) is 2. The summed E-state index contributed by atoms with van der Waals surface area (Å²) in [5, 5.41) is 6.51. The topological polar surface area (TPSA) is 58.1 Å². The molecule has 24 heavy (non-hydrogen) atoms. The van der Waals surface area contributed by atoms with Crippen molar-refractivity contribution >= 4 is 29.9 Å². The van der Waals surface area contributed by atoms with Crippen LogP contribution in [-0.4, -0.2) is 65.4 Å². The molecule has 138 valence electrons. The van der Waals surface area contributed by atoms with Crippen molar-refractivity contribution < 1.29 is 9.47 Å². The molecule has 7 heteroatoms. The van der Waals surface area contributed by atoms with Crippen LogP contribution in [0.2, 0.25) is 0 Å². The first-order chi connectivity index (χ1) is 11.1. The van der Waals surface area contributed by atoms with E-state index in [2.05, 4.69) is 48.7 Å². The average Bonchev–Trinajstić information content (AvgIpc) is 2.55. The molecular formula is C17H31IN4O2. The Labute approximate surface area is 163 Å². The molecule has 0 aromatic heterocycles. The van der Waals surface area contributed by atoms with E-state index in [9.17, 15) is 0 Å². The van der Waals surface area contributed by atoms with Crippen LogP contribution in [-0.2, 0) is 4.74 Å². The summed E-state index contributed by atoms with van der Waals surface area (Å²) in [7, 11) is 7.50. The van der Waals surface area contributed by atoms with E-state index in [1.54, 1.807) is 14.2 Å². The van der Waals surface area contributed by atoms with Crippen molar-refractivity contribution in [2.24, 2.45) is 4.99 Å². The molecule has 0 aliphatic rings. The van der Waals surface area contributed by atoms with Crippen LogP contribution in [0.3, 0.4) is 0 Å². The lowest BCUT2D eigenvalue weighted by Crippen LogP contribution is -2.39. The molecule has 0 saturated carbocycles. The Bertz CT molecular complexity index is 466. The highest BCUT2D eigenvalue weighted by Crippen LogP contribution is 2.21. The Kier molecular flexibility index (Phi) is 12.7. The van der Waals surface area contributed by atoms with E-state index in [1.807, 2.05) is 12.1 Å². The first-order valence-corrected chi connectivity index (χ1v) is 7.93. The van der Waals surface area contributed by atoms with Gasteiger partial charge in [-0.2, -0.15) is 0 Å². The predicted octanol–water partition coefficient (Wildman–Crippen LogP) is 2.12. The first-order valence-electron chi connectivity index (χ1n) is 7.93. The summed E-state index contributed by atoms with van der Waals surface area (Å²) in [6.45, 7) is 4.94. The van der Waals surface area contributed by atoms with Crippen molar-refractivity contribution in [2.45, 2.75) is 13.0 Å². The van der Waals surface area contributed by atoms with Gasteiger partial charge in [0.1, 0.15) is 5.75 Å². The third kappa shape index (κ3) is 8.16. The maximum Gasteiger partial charge on any atom is 0.191 e. The van der Waals surface area contributed by atoms with Gasteiger partial charge < -0.3 is 25.0 Å². The van der Waals surface area contributed by atoms with E-state index in [0.29, 0.717) is 13.2 Å². The lowest BCUT2D eigenvalue weighted by molar-refractivity contribution is 0.203. The number of hydrogen-bond acceptors (Lipinski definition) is 4. The van der Waals surface area contributed by atoms with Gasteiger partial charge in [0.25, 0.3) is 0 Å². The Hall–Kier alpha value is -1.06. The highest BCUT2D eigenvalue weighted by atomic mass is 127. The van der Waals surface area contributed by atoms with Crippen LogP contribution < -0.4 is 15.4 Å². The minimum Gasteiger partial charge on any atom is -0.497 e. The molecule has 0 spiro atoms. The van der Waals surface area contributed by atoms with Gasteiger partial charge in [0.05, 0.1) is 26.3 Å². The highest BCUT2D eigenvalue weighted by molar-refractivity contribution is 14.0. The highest BCUT2D eigenvalue weighted by Gasteiger charge is 2.14. The van der Waals surface area contributed by atoms with E-state index >= 15 is 0 Å². The third-order valence-corrected chi connectivity index (χ3v) is 3.49. The summed E-state index contributed by atoms with van der Waals surface area (Å²) in [6, 6.07) is 8.35. The van der Waals surface area contributed by atoms with Crippen molar-refractivity contribution in [3.8, 4) is 5.75 Å². The number of hydrogen-bond donors (Lipinski definition) is 2. The number of rotatable bonds is 9. The second kappa shape index (κ2) is 13.3. The van der Waals surface area contributed by atoms with Crippen molar-refractivity contribution in [1.29, 1.82) is 0 Å². The molecule has 1 unspecified atom stereocenters. The van der Waals surface area contributed by atoms with Gasteiger partial charge in [-0.1, -0.05) is 12.1 Å². The largest absolute Gasteiger partial charge is 0.497 e. The molecule has 0 aliphatic carbocycles. The van der Waals surface area contributed by atoms with Crippen molar-refractivity contribution in [2.75, 3.05) is 54.6 Å². The molecule has 1 rings (SSSR count). The normalized spacial score (nSPS) is 12.5. The molecule has 1 aromatic carbocycles. The third-order valence-electron chi connectivity index (χ3n) is 3.49. The smallest absolute Gasteiger partial charge is 0.191 e. The quantitative estimate of drug-likeness (QED) is 0.261. The number of aliphatic imine (C=N–C) groups is 1. The van der Waals surface area contributed by atoms with Gasteiger partial charge in [0.15, 0.2) is 5.96 Å². The minimum absolute atomic E-state index is 0. The Morgan fingerprint density at radius 1 is 1.17 bits per heavy atom. The maximum atomic E-state index is 5.22. The molecule has 0 fully saturated rings. The van der Waals surface area contributed by atoms with Crippen LogP contribution in [0.1, 0.15) is 18.5 Å². The van der Waals surface area contributed by atoms with E-state index in [1.165, 1.54) is 5.56 Å². The second-order valence-corrected chi connectivity index (χ2v) is 5.39. The Morgan fingerprint density at radius 3 is 2.33 bits per heavy atom. The molecule has 2 N–H and O–H groups in total. The van der Waals surface area contributed by atoms with E-state index in [4.69, 9.17) is 14.5 Å². The average molecular weight is 450 g/mol. The monoisotopic (exact) mass is 450 g/mol. The zero-order chi connectivity index (χ0) is 17.1. The number of methoxy groups -OCH3 is 2. The van der Waals surface area contributed by atoms with Gasteiger partial charge in [-0.3, -0.25) is 4.99 Å². The number of nitrogens with one attached hydrogen (secondary N) is 2. The van der Waals surface area contributed by atoms with Gasteiger partial charge in [-0.05, 0) is 38.7 Å². The van der Waals surface area contributed by atoms with Crippen LogP contribution in [0.25, 0.3) is 0 Å². The number of halogens is 1. The molecule has 0 saturated heterocycles. The first kappa shape index (κ1) is 22.9. The van der Waals surface area contributed by atoms with Gasteiger partial charge >= 0.3 is 0 Å². The van der Waals surface area contributed by atoms with Gasteiger partial charge in [0.2, 0.25) is 0 Å². The summed E-state index contributed by atoms with van der Waals surface area (Å²) in [6.07, 6.45) is 0. The molecule has 0 bridgehead atoms.